The normalized spacial score (nSPS) is 16.0. The first-order chi connectivity index (χ1) is 14.1. The van der Waals surface area contributed by atoms with Gasteiger partial charge in [-0.25, -0.2) is 0 Å². The zero-order valence-electron chi connectivity index (χ0n) is 16.1. The van der Waals surface area contributed by atoms with Gasteiger partial charge in [-0.15, -0.1) is 0 Å². The second kappa shape index (κ2) is 6.90. The van der Waals surface area contributed by atoms with Crippen LogP contribution in [-0.4, -0.2) is 39.3 Å². The van der Waals surface area contributed by atoms with Crippen LogP contribution in [0, 0.1) is 0 Å². The van der Waals surface area contributed by atoms with Gasteiger partial charge in [0.1, 0.15) is 5.69 Å². The first-order valence-corrected chi connectivity index (χ1v) is 9.80. The van der Waals surface area contributed by atoms with E-state index in [2.05, 4.69) is 21.2 Å². The summed E-state index contributed by atoms with van der Waals surface area (Å²) in [6.45, 7) is 0. The van der Waals surface area contributed by atoms with Gasteiger partial charge < -0.3 is 15.0 Å². The molecule has 1 aliphatic carbocycles. The molecule has 2 aromatic heterocycles. The Hall–Kier alpha value is -3.38. The Morgan fingerprint density at radius 3 is 2.83 bits per heavy atom. The second-order valence-corrected chi connectivity index (χ2v) is 7.61. The van der Waals surface area contributed by atoms with E-state index in [0.29, 0.717) is 12.0 Å². The van der Waals surface area contributed by atoms with Crippen LogP contribution in [0.25, 0.3) is 22.3 Å². The third-order valence-electron chi connectivity index (χ3n) is 5.69. The number of aryl methyl sites for hydroxylation is 1. The van der Waals surface area contributed by atoms with Gasteiger partial charge in [-0.3, -0.25) is 9.89 Å². The number of aliphatic hydroxyl groups excluding tert-OH is 1. The van der Waals surface area contributed by atoms with Crippen LogP contribution in [0.2, 0.25) is 0 Å². The van der Waals surface area contributed by atoms with Crippen LogP contribution >= 0.6 is 0 Å². The van der Waals surface area contributed by atoms with Crippen LogP contribution in [-0.2, 0) is 12.8 Å². The number of nitrogens with zero attached hydrogens (tertiary/aromatic N) is 2. The lowest BCUT2D eigenvalue weighted by molar-refractivity contribution is 0.0993. The zero-order valence-corrected chi connectivity index (χ0v) is 16.1. The first-order valence-electron chi connectivity index (χ1n) is 9.80. The minimum absolute atomic E-state index is 0.0490. The number of hydrogen-bond acceptors (Lipinski definition) is 3. The van der Waals surface area contributed by atoms with Gasteiger partial charge in [0.2, 0.25) is 0 Å². The van der Waals surface area contributed by atoms with Gasteiger partial charge in [0.25, 0.3) is 5.91 Å². The monoisotopic (exact) mass is 386 g/mol. The lowest BCUT2D eigenvalue weighted by atomic mass is 9.93. The largest absolute Gasteiger partial charge is 0.393 e. The molecule has 0 spiro atoms. The van der Waals surface area contributed by atoms with Gasteiger partial charge >= 0.3 is 0 Å². The van der Waals surface area contributed by atoms with Gasteiger partial charge in [-0.05, 0) is 43.2 Å². The SMILES string of the molecule is CN(C(=O)c1ccccc1)c1ccc2cc(-c3n[nH]c4c3CC(O)CC4)[nH]c2c1. The van der Waals surface area contributed by atoms with Crippen molar-refractivity contribution in [3.8, 4) is 11.4 Å². The van der Waals surface area contributed by atoms with Crippen LogP contribution in [0.5, 0.6) is 0 Å². The summed E-state index contributed by atoms with van der Waals surface area (Å²) < 4.78 is 0. The minimum atomic E-state index is -0.313. The molecule has 0 saturated carbocycles. The molecule has 0 aliphatic heterocycles. The zero-order chi connectivity index (χ0) is 20.0. The number of hydrogen-bond donors (Lipinski definition) is 3. The molecule has 5 rings (SSSR count). The smallest absolute Gasteiger partial charge is 0.258 e. The van der Waals surface area contributed by atoms with Crippen molar-refractivity contribution in [2.24, 2.45) is 0 Å². The van der Waals surface area contributed by atoms with Crippen molar-refractivity contribution in [3.63, 3.8) is 0 Å². The van der Waals surface area contributed by atoms with Gasteiger partial charge in [0.05, 0.1) is 11.8 Å². The second-order valence-electron chi connectivity index (χ2n) is 7.61. The Balaban J connectivity index is 1.48. The number of fused-ring (bicyclic) bond motifs is 2. The molecule has 6 heteroatoms. The average Bonchev–Trinajstić information content (AvgIpc) is 3.36. The molecule has 6 nitrogen and oxygen atoms in total. The highest BCUT2D eigenvalue weighted by molar-refractivity contribution is 6.06. The standard InChI is InChI=1S/C23H22N4O2/c1-27(23(29)14-5-3-2-4-6-14)16-8-7-15-11-21(24-20(15)12-16)22-18-13-17(28)9-10-19(18)25-26-22/h2-8,11-12,17,24,28H,9-10,13H2,1H3,(H,25,26). The molecule has 3 N–H and O–H groups in total. The number of carbonyl (C=O) groups excluding carboxylic acids is 1. The number of carbonyl (C=O) groups is 1. The van der Waals surface area contributed by atoms with Crippen molar-refractivity contribution >= 4 is 22.5 Å². The van der Waals surface area contributed by atoms with E-state index in [1.807, 2.05) is 48.5 Å². The molecule has 1 unspecified atom stereocenters. The molecule has 1 aliphatic rings. The number of H-pyrrole nitrogens is 2. The van der Waals surface area contributed by atoms with Crippen LogP contribution in [0.1, 0.15) is 28.0 Å². The van der Waals surface area contributed by atoms with Crippen LogP contribution in [0.3, 0.4) is 0 Å². The molecule has 1 amide bonds. The third kappa shape index (κ3) is 3.11. The molecule has 2 aromatic carbocycles. The number of nitrogens with one attached hydrogen (secondary N) is 2. The summed E-state index contributed by atoms with van der Waals surface area (Å²) in [6, 6.07) is 17.3. The lowest BCUT2D eigenvalue weighted by Gasteiger charge is -2.17. The molecule has 1 atom stereocenters. The summed E-state index contributed by atoms with van der Waals surface area (Å²) in [7, 11) is 1.78. The Labute approximate surface area is 168 Å². The summed E-state index contributed by atoms with van der Waals surface area (Å²) in [4.78, 5) is 17.8. The quantitative estimate of drug-likeness (QED) is 0.502. The van der Waals surface area contributed by atoms with Crippen LogP contribution in [0.4, 0.5) is 5.69 Å². The van der Waals surface area contributed by atoms with Crippen molar-refractivity contribution in [2.75, 3.05) is 11.9 Å². The number of aliphatic hydroxyl groups is 1. The Morgan fingerprint density at radius 1 is 1.17 bits per heavy atom. The lowest BCUT2D eigenvalue weighted by Crippen LogP contribution is -2.26. The fourth-order valence-electron chi connectivity index (χ4n) is 4.04. The summed E-state index contributed by atoms with van der Waals surface area (Å²) >= 11 is 0. The molecule has 2 heterocycles. The molecule has 146 valence electrons. The van der Waals surface area contributed by atoms with Crippen LogP contribution < -0.4 is 4.90 Å². The molecular weight excluding hydrogens is 364 g/mol. The maximum Gasteiger partial charge on any atom is 0.258 e. The maximum atomic E-state index is 12.7. The number of anilines is 1. The molecule has 4 aromatic rings. The van der Waals surface area contributed by atoms with Crippen LogP contribution in [0.15, 0.2) is 54.6 Å². The first kappa shape index (κ1) is 17.7. The molecule has 0 radical (unpaired) electrons. The Kier molecular flexibility index (Phi) is 4.21. The fraction of sp³-hybridized carbons (Fsp3) is 0.217. The van der Waals surface area contributed by atoms with Crippen molar-refractivity contribution in [3.05, 3.63) is 71.4 Å². The van der Waals surface area contributed by atoms with Gasteiger partial charge in [0.15, 0.2) is 0 Å². The maximum absolute atomic E-state index is 12.7. The Bertz CT molecular complexity index is 1190. The van der Waals surface area contributed by atoms with E-state index in [1.165, 1.54) is 0 Å². The molecular formula is C23H22N4O2. The predicted molar refractivity (Wildman–Crippen MR) is 113 cm³/mol. The van der Waals surface area contributed by atoms with Crippen molar-refractivity contribution < 1.29 is 9.90 Å². The van der Waals surface area contributed by atoms with Crippen molar-refractivity contribution in [1.82, 2.24) is 15.2 Å². The highest BCUT2D eigenvalue weighted by Gasteiger charge is 2.24. The van der Waals surface area contributed by atoms with E-state index < -0.39 is 0 Å². The average molecular weight is 386 g/mol. The van der Waals surface area contributed by atoms with E-state index in [9.17, 15) is 9.90 Å². The third-order valence-corrected chi connectivity index (χ3v) is 5.69. The number of amides is 1. The summed E-state index contributed by atoms with van der Waals surface area (Å²) in [5.74, 6) is -0.0490. The molecule has 0 bridgehead atoms. The highest BCUT2D eigenvalue weighted by atomic mass is 16.3. The highest BCUT2D eigenvalue weighted by Crippen LogP contribution is 2.32. The number of rotatable bonds is 3. The van der Waals surface area contributed by atoms with E-state index in [1.54, 1.807) is 11.9 Å². The topological polar surface area (TPSA) is 85.0 Å². The molecule has 0 saturated heterocycles. The summed E-state index contributed by atoms with van der Waals surface area (Å²) in [5, 5.41) is 18.7. The van der Waals surface area contributed by atoms with Gasteiger partial charge in [0, 0.05) is 46.9 Å². The van der Waals surface area contributed by atoms with E-state index in [-0.39, 0.29) is 12.0 Å². The number of benzene rings is 2. The predicted octanol–water partition coefficient (Wildman–Crippen LogP) is 3.68. The fourth-order valence-corrected chi connectivity index (χ4v) is 4.04. The van der Waals surface area contributed by atoms with Crippen molar-refractivity contribution in [1.29, 1.82) is 0 Å². The van der Waals surface area contributed by atoms with E-state index in [0.717, 1.165) is 52.1 Å². The Morgan fingerprint density at radius 2 is 2.00 bits per heavy atom. The number of aromatic amines is 2. The summed E-state index contributed by atoms with van der Waals surface area (Å²) in [5.41, 5.74) is 6.40. The molecule has 0 fully saturated rings. The summed E-state index contributed by atoms with van der Waals surface area (Å²) in [6.07, 6.45) is 1.90. The van der Waals surface area contributed by atoms with Gasteiger partial charge in [-0.2, -0.15) is 5.10 Å². The minimum Gasteiger partial charge on any atom is -0.393 e. The van der Waals surface area contributed by atoms with E-state index >= 15 is 0 Å². The number of aromatic nitrogens is 3. The van der Waals surface area contributed by atoms with Crippen molar-refractivity contribution in [2.45, 2.75) is 25.4 Å². The molecule has 29 heavy (non-hydrogen) atoms. The van der Waals surface area contributed by atoms with Gasteiger partial charge in [-0.1, -0.05) is 24.3 Å². The van der Waals surface area contributed by atoms with E-state index in [4.69, 9.17) is 0 Å².